The predicted molar refractivity (Wildman–Crippen MR) is 115 cm³/mol. The summed E-state index contributed by atoms with van der Waals surface area (Å²) in [5.41, 5.74) is 11.0. The lowest BCUT2D eigenvalue weighted by molar-refractivity contribution is 0.242. The summed E-state index contributed by atoms with van der Waals surface area (Å²) in [6, 6.07) is 14.4. The number of rotatable bonds is 5. The third kappa shape index (κ3) is 5.63. The number of hydrogen-bond acceptors (Lipinski definition) is 2. The first-order valence-electron chi connectivity index (χ1n) is 8.54. The van der Waals surface area contributed by atoms with E-state index in [1.165, 1.54) is 24.0 Å². The third-order valence-corrected chi connectivity index (χ3v) is 4.10. The molecule has 5 heteroatoms. The molecule has 2 aromatic rings. The van der Waals surface area contributed by atoms with Crippen molar-refractivity contribution in [2.75, 3.05) is 5.32 Å². The van der Waals surface area contributed by atoms with Gasteiger partial charge in [-0.3, -0.25) is 0 Å². The van der Waals surface area contributed by atoms with E-state index in [1.807, 2.05) is 38.1 Å². The maximum atomic E-state index is 6.01. The van der Waals surface area contributed by atoms with E-state index in [1.54, 1.807) is 0 Å². The predicted octanol–water partition coefficient (Wildman–Crippen LogP) is 4.51. The van der Waals surface area contributed by atoms with Gasteiger partial charge in [-0.15, -0.1) is 24.0 Å². The summed E-state index contributed by atoms with van der Waals surface area (Å²) < 4.78 is 5.64. The van der Waals surface area contributed by atoms with Gasteiger partial charge in [-0.1, -0.05) is 18.2 Å². The highest BCUT2D eigenvalue weighted by atomic mass is 127. The second kappa shape index (κ2) is 9.08. The van der Waals surface area contributed by atoms with Crippen LogP contribution >= 0.6 is 24.0 Å². The fourth-order valence-electron chi connectivity index (χ4n) is 2.96. The SMILES string of the molecule is CC(C)Oc1ccc(CN=C(N)Nc2ccc3c(c2)CCC3)cc1.I. The van der Waals surface area contributed by atoms with Crippen molar-refractivity contribution in [1.29, 1.82) is 0 Å². The van der Waals surface area contributed by atoms with Gasteiger partial charge in [0.25, 0.3) is 0 Å². The van der Waals surface area contributed by atoms with E-state index in [4.69, 9.17) is 10.5 Å². The fourth-order valence-corrected chi connectivity index (χ4v) is 2.96. The number of benzene rings is 2. The van der Waals surface area contributed by atoms with Crippen molar-refractivity contribution in [2.45, 2.75) is 45.8 Å². The van der Waals surface area contributed by atoms with Gasteiger partial charge in [0.1, 0.15) is 5.75 Å². The van der Waals surface area contributed by atoms with E-state index in [0.29, 0.717) is 12.5 Å². The van der Waals surface area contributed by atoms with Crippen LogP contribution in [-0.4, -0.2) is 12.1 Å². The maximum absolute atomic E-state index is 6.01. The van der Waals surface area contributed by atoms with Crippen LogP contribution in [0.5, 0.6) is 5.75 Å². The van der Waals surface area contributed by atoms with Crippen molar-refractivity contribution < 1.29 is 4.74 Å². The Bertz CT molecular complexity index is 726. The Morgan fingerprint density at radius 1 is 1.12 bits per heavy atom. The molecule has 0 fully saturated rings. The highest BCUT2D eigenvalue weighted by Gasteiger charge is 2.10. The topological polar surface area (TPSA) is 59.6 Å². The minimum atomic E-state index is 0. The summed E-state index contributed by atoms with van der Waals surface area (Å²) in [6.07, 6.45) is 3.78. The molecule has 0 atom stereocenters. The first-order chi connectivity index (χ1) is 11.6. The molecule has 0 saturated heterocycles. The van der Waals surface area contributed by atoms with Crippen molar-refractivity contribution in [3.05, 3.63) is 59.2 Å². The number of guanidine groups is 1. The van der Waals surface area contributed by atoms with Crippen molar-refractivity contribution in [3.63, 3.8) is 0 Å². The normalized spacial score (nSPS) is 13.3. The van der Waals surface area contributed by atoms with Crippen LogP contribution < -0.4 is 15.8 Å². The monoisotopic (exact) mass is 451 g/mol. The van der Waals surface area contributed by atoms with Crippen molar-refractivity contribution >= 4 is 35.6 Å². The van der Waals surface area contributed by atoms with Gasteiger partial charge in [-0.05, 0) is 74.1 Å². The molecule has 0 spiro atoms. The van der Waals surface area contributed by atoms with E-state index in [0.717, 1.165) is 23.4 Å². The Labute approximate surface area is 166 Å². The first-order valence-corrected chi connectivity index (χ1v) is 8.54. The molecule has 2 aromatic carbocycles. The van der Waals surface area contributed by atoms with E-state index >= 15 is 0 Å². The van der Waals surface area contributed by atoms with E-state index in [2.05, 4.69) is 28.5 Å². The number of hydrogen-bond donors (Lipinski definition) is 2. The average Bonchev–Trinajstić information content (AvgIpc) is 3.01. The van der Waals surface area contributed by atoms with Crippen molar-refractivity contribution in [3.8, 4) is 5.75 Å². The number of aryl methyl sites for hydroxylation is 2. The Balaban J connectivity index is 0.00000225. The van der Waals surface area contributed by atoms with Crippen LogP contribution in [0.2, 0.25) is 0 Å². The summed E-state index contributed by atoms with van der Waals surface area (Å²) in [7, 11) is 0. The molecule has 0 unspecified atom stereocenters. The minimum absolute atomic E-state index is 0. The number of fused-ring (bicyclic) bond motifs is 1. The lowest BCUT2D eigenvalue weighted by atomic mass is 10.1. The second-order valence-corrected chi connectivity index (χ2v) is 6.47. The summed E-state index contributed by atoms with van der Waals surface area (Å²) >= 11 is 0. The summed E-state index contributed by atoms with van der Waals surface area (Å²) in [4.78, 5) is 4.42. The molecular formula is C20H26IN3O. The van der Waals surface area contributed by atoms with Crippen LogP contribution in [0.4, 0.5) is 5.69 Å². The standard InChI is InChI=1S/C20H25N3O.HI/c1-14(2)24-19-10-6-15(7-11-19)13-22-20(21)23-18-9-8-16-4-3-5-17(16)12-18;/h6-12,14H,3-5,13H2,1-2H3,(H3,21,22,23);1H. The molecule has 0 radical (unpaired) electrons. The number of anilines is 1. The summed E-state index contributed by atoms with van der Waals surface area (Å²) in [5.74, 6) is 1.32. The van der Waals surface area contributed by atoms with Gasteiger partial charge >= 0.3 is 0 Å². The van der Waals surface area contributed by atoms with Gasteiger partial charge in [0.05, 0.1) is 12.6 Å². The largest absolute Gasteiger partial charge is 0.491 e. The van der Waals surface area contributed by atoms with Crippen molar-refractivity contribution in [1.82, 2.24) is 0 Å². The Hall–Kier alpha value is -1.76. The van der Waals surface area contributed by atoms with Gasteiger partial charge in [0.2, 0.25) is 0 Å². The van der Waals surface area contributed by atoms with Crippen LogP contribution in [0, 0.1) is 0 Å². The lowest BCUT2D eigenvalue weighted by Gasteiger charge is -2.10. The molecular weight excluding hydrogens is 425 g/mol. The zero-order chi connectivity index (χ0) is 16.9. The Morgan fingerprint density at radius 2 is 1.84 bits per heavy atom. The van der Waals surface area contributed by atoms with Gasteiger partial charge in [0, 0.05) is 5.69 Å². The average molecular weight is 451 g/mol. The van der Waals surface area contributed by atoms with Crippen LogP contribution in [0.3, 0.4) is 0 Å². The van der Waals surface area contributed by atoms with E-state index in [9.17, 15) is 0 Å². The molecule has 3 N–H and O–H groups in total. The van der Waals surface area contributed by atoms with E-state index < -0.39 is 0 Å². The molecule has 0 amide bonds. The van der Waals surface area contributed by atoms with E-state index in [-0.39, 0.29) is 30.1 Å². The molecule has 0 aliphatic heterocycles. The van der Waals surface area contributed by atoms with Gasteiger partial charge in [0.15, 0.2) is 5.96 Å². The fraction of sp³-hybridized carbons (Fsp3) is 0.350. The molecule has 0 saturated carbocycles. The van der Waals surface area contributed by atoms with Gasteiger partial charge in [-0.2, -0.15) is 0 Å². The number of nitrogens with one attached hydrogen (secondary N) is 1. The molecule has 0 heterocycles. The number of nitrogens with two attached hydrogens (primary N) is 1. The molecule has 0 aromatic heterocycles. The number of halogens is 1. The summed E-state index contributed by atoms with van der Waals surface area (Å²) in [5, 5.41) is 3.18. The molecule has 134 valence electrons. The molecule has 3 rings (SSSR count). The van der Waals surface area contributed by atoms with Crippen LogP contribution in [0.15, 0.2) is 47.5 Å². The number of nitrogens with zero attached hydrogens (tertiary/aromatic N) is 1. The zero-order valence-electron chi connectivity index (χ0n) is 14.8. The highest BCUT2D eigenvalue weighted by molar-refractivity contribution is 14.0. The maximum Gasteiger partial charge on any atom is 0.193 e. The lowest BCUT2D eigenvalue weighted by Crippen LogP contribution is -2.22. The Morgan fingerprint density at radius 3 is 2.56 bits per heavy atom. The molecule has 0 bridgehead atoms. The molecule has 1 aliphatic carbocycles. The van der Waals surface area contributed by atoms with Crippen LogP contribution in [-0.2, 0) is 19.4 Å². The zero-order valence-corrected chi connectivity index (χ0v) is 17.1. The number of ether oxygens (including phenoxy) is 1. The van der Waals surface area contributed by atoms with Gasteiger partial charge in [-0.25, -0.2) is 4.99 Å². The minimum Gasteiger partial charge on any atom is -0.491 e. The smallest absolute Gasteiger partial charge is 0.193 e. The molecule has 4 nitrogen and oxygen atoms in total. The molecule has 1 aliphatic rings. The quantitative estimate of drug-likeness (QED) is 0.400. The second-order valence-electron chi connectivity index (χ2n) is 6.47. The molecule has 25 heavy (non-hydrogen) atoms. The van der Waals surface area contributed by atoms with Gasteiger partial charge < -0.3 is 15.8 Å². The first kappa shape index (κ1) is 19.6. The van der Waals surface area contributed by atoms with Crippen LogP contribution in [0.25, 0.3) is 0 Å². The summed E-state index contributed by atoms with van der Waals surface area (Å²) in [6.45, 7) is 4.58. The third-order valence-electron chi connectivity index (χ3n) is 4.10. The highest BCUT2D eigenvalue weighted by Crippen LogP contribution is 2.24. The Kier molecular flexibility index (Phi) is 7.11. The van der Waals surface area contributed by atoms with Crippen LogP contribution in [0.1, 0.15) is 37.0 Å². The van der Waals surface area contributed by atoms with Crippen molar-refractivity contribution in [2.24, 2.45) is 10.7 Å². The number of aliphatic imine (C=N–C) groups is 1.